The second kappa shape index (κ2) is 13.3. The van der Waals surface area contributed by atoms with Crippen LogP contribution in [0.4, 0.5) is 0 Å². The second-order valence-electron chi connectivity index (χ2n) is 16.2. The van der Waals surface area contributed by atoms with Crippen molar-refractivity contribution in [2.75, 3.05) is 0 Å². The van der Waals surface area contributed by atoms with Gasteiger partial charge < -0.3 is 4.57 Å². The molecule has 0 saturated heterocycles. The van der Waals surface area contributed by atoms with E-state index in [1.165, 1.54) is 104 Å². The van der Waals surface area contributed by atoms with E-state index in [0.717, 1.165) is 25.7 Å². The third-order valence-corrected chi connectivity index (χ3v) is 13.0. The molecule has 1 aromatic heterocycles. The van der Waals surface area contributed by atoms with Gasteiger partial charge in [-0.2, -0.15) is 0 Å². The Morgan fingerprint density at radius 1 is 0.466 bits per heavy atom. The maximum atomic E-state index is 2.46. The van der Waals surface area contributed by atoms with Gasteiger partial charge in [0.25, 0.3) is 0 Å². The molecule has 0 spiro atoms. The van der Waals surface area contributed by atoms with Crippen molar-refractivity contribution in [3.05, 3.63) is 215 Å². The summed E-state index contributed by atoms with van der Waals surface area (Å²) in [6, 6.07) is 63.3. The average Bonchev–Trinajstić information content (AvgIpc) is 3.84. The van der Waals surface area contributed by atoms with Crippen LogP contribution in [0.1, 0.15) is 41.9 Å². The van der Waals surface area contributed by atoms with Gasteiger partial charge in [0, 0.05) is 22.4 Å². The van der Waals surface area contributed by atoms with Crippen LogP contribution in [-0.4, -0.2) is 4.57 Å². The first-order valence-electron chi connectivity index (χ1n) is 20.8. The van der Waals surface area contributed by atoms with Gasteiger partial charge in [-0.1, -0.05) is 169 Å². The minimum atomic E-state index is 0.420. The van der Waals surface area contributed by atoms with Crippen LogP contribution in [0, 0.1) is 0 Å². The molecule has 0 aliphatic heterocycles. The Morgan fingerprint density at radius 2 is 1.07 bits per heavy atom. The molecule has 12 rings (SSSR count). The maximum Gasteiger partial charge on any atom is 0.0541 e. The molecule has 3 aliphatic rings. The number of nitrogens with zero attached hydrogens (tertiary/aromatic N) is 1. The summed E-state index contributed by atoms with van der Waals surface area (Å²) in [5.74, 6) is 0.420. The monoisotopic (exact) mass is 739 g/mol. The normalized spacial score (nSPS) is 15.6. The molecule has 1 unspecified atom stereocenters. The second-order valence-corrected chi connectivity index (χ2v) is 16.2. The highest BCUT2D eigenvalue weighted by Crippen LogP contribution is 2.43. The van der Waals surface area contributed by atoms with E-state index in [-0.39, 0.29) is 0 Å². The molecule has 0 radical (unpaired) electrons. The van der Waals surface area contributed by atoms with Crippen molar-refractivity contribution >= 4 is 50.3 Å². The van der Waals surface area contributed by atoms with E-state index in [1.807, 2.05) is 0 Å². The van der Waals surface area contributed by atoms with Gasteiger partial charge in [-0.15, -0.1) is 0 Å². The van der Waals surface area contributed by atoms with E-state index >= 15 is 0 Å². The minimum absolute atomic E-state index is 0.420. The van der Waals surface area contributed by atoms with Crippen LogP contribution in [0.3, 0.4) is 0 Å². The Labute approximate surface area is 338 Å². The van der Waals surface area contributed by atoms with Crippen molar-refractivity contribution in [3.8, 4) is 39.1 Å². The SMILES string of the molecule is C1=CC(c2ccc(-c3ccc4c(c3)c3ccccc3n4-c3ccc(-c4c5c(c(-c6ccccc6)c6ccccc46)=CCCC=5)cc3)cc2)CC2=C1c1ccccc1C2. The van der Waals surface area contributed by atoms with Gasteiger partial charge in [-0.25, -0.2) is 0 Å². The predicted octanol–water partition coefficient (Wildman–Crippen LogP) is 13.3. The lowest BCUT2D eigenvalue weighted by atomic mass is 9.85. The largest absolute Gasteiger partial charge is 0.309 e. The molecule has 8 aromatic carbocycles. The molecule has 1 heteroatoms. The lowest BCUT2D eigenvalue weighted by molar-refractivity contribution is 0.803. The van der Waals surface area contributed by atoms with E-state index in [2.05, 4.69) is 199 Å². The molecule has 0 saturated carbocycles. The molecule has 0 N–H and O–H groups in total. The highest BCUT2D eigenvalue weighted by Gasteiger charge is 2.25. The number of rotatable bonds is 5. The van der Waals surface area contributed by atoms with Gasteiger partial charge in [-0.05, 0) is 133 Å². The molecule has 1 atom stereocenters. The van der Waals surface area contributed by atoms with Gasteiger partial charge in [0.1, 0.15) is 0 Å². The van der Waals surface area contributed by atoms with Crippen LogP contribution < -0.4 is 10.4 Å². The Balaban J connectivity index is 0.900. The molecule has 9 aromatic rings. The van der Waals surface area contributed by atoms with Gasteiger partial charge in [0.05, 0.1) is 11.0 Å². The van der Waals surface area contributed by atoms with E-state index in [0.29, 0.717) is 5.92 Å². The van der Waals surface area contributed by atoms with E-state index in [9.17, 15) is 0 Å². The summed E-state index contributed by atoms with van der Waals surface area (Å²) in [6.07, 6.45) is 14.0. The fourth-order valence-corrected chi connectivity index (χ4v) is 10.3. The summed E-state index contributed by atoms with van der Waals surface area (Å²) in [5.41, 5.74) is 18.6. The Bertz CT molecular complexity index is 3300. The van der Waals surface area contributed by atoms with Crippen molar-refractivity contribution in [1.29, 1.82) is 0 Å². The smallest absolute Gasteiger partial charge is 0.0541 e. The van der Waals surface area contributed by atoms with E-state index < -0.39 is 0 Å². The lowest BCUT2D eigenvalue weighted by Crippen LogP contribution is -2.31. The van der Waals surface area contributed by atoms with Crippen LogP contribution in [0.15, 0.2) is 188 Å². The minimum Gasteiger partial charge on any atom is -0.309 e. The average molecular weight is 740 g/mol. The van der Waals surface area contributed by atoms with Crippen LogP contribution in [-0.2, 0) is 6.42 Å². The number of aromatic nitrogens is 1. The summed E-state index contributed by atoms with van der Waals surface area (Å²) >= 11 is 0. The molecule has 1 nitrogen and oxygen atoms in total. The number of hydrogen-bond acceptors (Lipinski definition) is 0. The van der Waals surface area contributed by atoms with E-state index in [1.54, 1.807) is 5.57 Å². The summed E-state index contributed by atoms with van der Waals surface area (Å²) in [5, 5.41) is 7.88. The third kappa shape index (κ3) is 5.23. The molecule has 58 heavy (non-hydrogen) atoms. The zero-order valence-corrected chi connectivity index (χ0v) is 32.3. The summed E-state index contributed by atoms with van der Waals surface area (Å²) < 4.78 is 2.44. The molecule has 0 amide bonds. The predicted molar refractivity (Wildman–Crippen MR) is 246 cm³/mol. The van der Waals surface area contributed by atoms with Gasteiger partial charge in [0.2, 0.25) is 0 Å². The van der Waals surface area contributed by atoms with Gasteiger partial charge in [0.15, 0.2) is 0 Å². The number of fused-ring (bicyclic) bond motifs is 7. The van der Waals surface area contributed by atoms with Crippen LogP contribution in [0.2, 0.25) is 0 Å². The first-order chi connectivity index (χ1) is 28.8. The van der Waals surface area contributed by atoms with Crippen molar-refractivity contribution < 1.29 is 0 Å². The first-order valence-corrected chi connectivity index (χ1v) is 20.8. The summed E-state index contributed by atoms with van der Waals surface area (Å²) in [7, 11) is 0. The number of benzene rings is 8. The van der Waals surface area contributed by atoms with Crippen molar-refractivity contribution in [3.63, 3.8) is 0 Å². The molecule has 1 heterocycles. The van der Waals surface area contributed by atoms with Crippen LogP contribution in [0.5, 0.6) is 0 Å². The molecule has 274 valence electrons. The zero-order valence-electron chi connectivity index (χ0n) is 32.3. The van der Waals surface area contributed by atoms with Gasteiger partial charge >= 0.3 is 0 Å². The standard InChI is InChI=1S/C57H41N/c1-2-12-39(13-3-1)56-49-17-6-8-19-51(49)57(52-20-9-7-18-50(52)56)40-26-30-45(31-27-40)58-54-21-11-10-16-48(54)53-36-42(29-33-55(53)58)38-24-22-37(23-25-38)41-28-32-47-44(34-41)35-43-14-4-5-15-46(43)47/h1-6,8,10-33,36,41H,7,9,34-35H2. The Hall–Kier alpha value is -6.96. The Kier molecular flexibility index (Phi) is 7.63. The maximum absolute atomic E-state index is 2.46. The molecule has 0 bridgehead atoms. The number of para-hydroxylation sites is 1. The molecule has 0 fully saturated rings. The van der Waals surface area contributed by atoms with Crippen LogP contribution in [0.25, 0.3) is 89.4 Å². The first kappa shape index (κ1) is 33.2. The van der Waals surface area contributed by atoms with Crippen LogP contribution >= 0.6 is 0 Å². The van der Waals surface area contributed by atoms with Gasteiger partial charge in [-0.3, -0.25) is 0 Å². The van der Waals surface area contributed by atoms with Crippen molar-refractivity contribution in [2.24, 2.45) is 0 Å². The Morgan fingerprint density at radius 3 is 1.83 bits per heavy atom. The summed E-state index contributed by atoms with van der Waals surface area (Å²) in [6.45, 7) is 0. The molecular weight excluding hydrogens is 699 g/mol. The molecular formula is C57H41N. The fourth-order valence-electron chi connectivity index (χ4n) is 10.3. The highest BCUT2D eigenvalue weighted by atomic mass is 15.0. The third-order valence-electron chi connectivity index (χ3n) is 13.0. The fraction of sp³-hybridized carbons (Fsp3) is 0.0877. The zero-order chi connectivity index (χ0) is 38.2. The quantitative estimate of drug-likeness (QED) is 0.166. The number of allylic oxidation sites excluding steroid dienone is 4. The topological polar surface area (TPSA) is 4.93 Å². The van der Waals surface area contributed by atoms with Crippen molar-refractivity contribution in [2.45, 2.75) is 31.6 Å². The van der Waals surface area contributed by atoms with E-state index in [4.69, 9.17) is 0 Å². The molecule has 3 aliphatic carbocycles. The number of hydrogen-bond donors (Lipinski definition) is 0. The lowest BCUT2D eigenvalue weighted by Gasteiger charge is -2.20. The van der Waals surface area contributed by atoms with Crippen molar-refractivity contribution in [1.82, 2.24) is 4.57 Å². The summed E-state index contributed by atoms with van der Waals surface area (Å²) in [4.78, 5) is 0. The highest BCUT2D eigenvalue weighted by molar-refractivity contribution is 6.11.